The van der Waals surface area contributed by atoms with Crippen LogP contribution >= 0.6 is 11.8 Å². The number of anilines is 1. The van der Waals surface area contributed by atoms with Gasteiger partial charge in [0.25, 0.3) is 0 Å². The van der Waals surface area contributed by atoms with Gasteiger partial charge in [0.15, 0.2) is 0 Å². The zero-order chi connectivity index (χ0) is 18.7. The number of carbonyl (C=O) groups is 1. The lowest BCUT2D eigenvalue weighted by Gasteiger charge is -2.19. The molecule has 0 spiro atoms. The molecule has 0 aliphatic heterocycles. The maximum atomic E-state index is 12.8. The van der Waals surface area contributed by atoms with E-state index in [1.165, 1.54) is 17.8 Å². The van der Waals surface area contributed by atoms with Gasteiger partial charge >= 0.3 is 6.18 Å². The number of nitrogens with one attached hydrogen (secondary N) is 1. The summed E-state index contributed by atoms with van der Waals surface area (Å²) >= 11 is 1.39. The second kappa shape index (κ2) is 7.52. The second-order valence-corrected chi connectivity index (χ2v) is 7.70. The number of benzene rings is 2. The van der Waals surface area contributed by atoms with Gasteiger partial charge < -0.3 is 5.32 Å². The molecule has 2 aromatic rings. The van der Waals surface area contributed by atoms with Gasteiger partial charge in [-0.2, -0.15) is 13.2 Å². The molecule has 0 saturated carbocycles. The molecule has 2 aromatic carbocycles. The average molecular weight is 367 g/mol. The van der Waals surface area contributed by atoms with Crippen molar-refractivity contribution in [3.8, 4) is 0 Å². The highest BCUT2D eigenvalue weighted by atomic mass is 32.2. The number of para-hydroxylation sites is 1. The number of carbonyl (C=O) groups excluding carboxylic acids is 1. The standard InChI is InChI=1S/C19H20F3NOS/c1-18(2,3)17(24)23-15-9-4-5-10-16(15)25-12-13-7-6-8-14(11-13)19(20,21)22/h4-11H,12H2,1-3H3,(H,23,24). The lowest BCUT2D eigenvalue weighted by Crippen LogP contribution is -2.27. The van der Waals surface area contributed by atoms with Gasteiger partial charge in [-0.3, -0.25) is 4.79 Å². The molecule has 2 nitrogen and oxygen atoms in total. The van der Waals surface area contributed by atoms with Gasteiger partial charge in [0.05, 0.1) is 11.3 Å². The van der Waals surface area contributed by atoms with Crippen LogP contribution in [0.25, 0.3) is 0 Å². The minimum atomic E-state index is -4.35. The lowest BCUT2D eigenvalue weighted by atomic mass is 9.95. The van der Waals surface area contributed by atoms with E-state index >= 15 is 0 Å². The predicted molar refractivity (Wildman–Crippen MR) is 95.5 cm³/mol. The van der Waals surface area contributed by atoms with Gasteiger partial charge in [0, 0.05) is 16.1 Å². The van der Waals surface area contributed by atoms with E-state index in [-0.39, 0.29) is 5.91 Å². The van der Waals surface area contributed by atoms with E-state index in [9.17, 15) is 18.0 Å². The van der Waals surface area contributed by atoms with Crippen molar-refractivity contribution in [3.05, 3.63) is 59.7 Å². The number of rotatable bonds is 4. The second-order valence-electron chi connectivity index (χ2n) is 6.69. The van der Waals surface area contributed by atoms with Crippen molar-refractivity contribution in [1.29, 1.82) is 0 Å². The van der Waals surface area contributed by atoms with Crippen LogP contribution in [0.3, 0.4) is 0 Å². The number of thioether (sulfide) groups is 1. The number of hydrogen-bond acceptors (Lipinski definition) is 2. The molecule has 25 heavy (non-hydrogen) atoms. The first-order chi connectivity index (χ1) is 11.6. The summed E-state index contributed by atoms with van der Waals surface area (Å²) in [6.07, 6.45) is -4.35. The van der Waals surface area contributed by atoms with Gasteiger partial charge in [0.2, 0.25) is 5.91 Å². The average Bonchev–Trinajstić information content (AvgIpc) is 2.52. The van der Waals surface area contributed by atoms with Crippen LogP contribution in [-0.4, -0.2) is 5.91 Å². The molecular weight excluding hydrogens is 347 g/mol. The van der Waals surface area contributed by atoms with E-state index in [1.807, 2.05) is 39.0 Å². The Labute approximate surface area is 149 Å². The number of alkyl halides is 3. The van der Waals surface area contributed by atoms with E-state index in [2.05, 4.69) is 5.32 Å². The molecule has 0 aromatic heterocycles. The molecule has 0 unspecified atom stereocenters. The fraction of sp³-hybridized carbons (Fsp3) is 0.316. The van der Waals surface area contributed by atoms with Crippen molar-refractivity contribution >= 4 is 23.4 Å². The van der Waals surface area contributed by atoms with Crippen LogP contribution in [0.4, 0.5) is 18.9 Å². The number of hydrogen-bond donors (Lipinski definition) is 1. The zero-order valence-electron chi connectivity index (χ0n) is 14.3. The van der Waals surface area contributed by atoms with Crippen LogP contribution in [0.5, 0.6) is 0 Å². The Bertz CT molecular complexity index is 751. The normalized spacial score (nSPS) is 12.1. The van der Waals surface area contributed by atoms with Crippen LogP contribution in [0, 0.1) is 5.41 Å². The van der Waals surface area contributed by atoms with Crippen molar-refractivity contribution in [2.24, 2.45) is 5.41 Å². The molecule has 0 aliphatic carbocycles. The summed E-state index contributed by atoms with van der Waals surface area (Å²) in [4.78, 5) is 13.0. The molecule has 1 N–H and O–H groups in total. The smallest absolute Gasteiger partial charge is 0.325 e. The molecule has 0 radical (unpaired) electrons. The molecule has 134 valence electrons. The van der Waals surface area contributed by atoms with Gasteiger partial charge in [0.1, 0.15) is 0 Å². The minimum Gasteiger partial charge on any atom is -0.325 e. The van der Waals surface area contributed by atoms with Crippen molar-refractivity contribution in [2.45, 2.75) is 37.6 Å². The van der Waals surface area contributed by atoms with Gasteiger partial charge in [-0.15, -0.1) is 11.8 Å². The Morgan fingerprint density at radius 1 is 1.04 bits per heavy atom. The third kappa shape index (κ3) is 5.53. The van der Waals surface area contributed by atoms with Crippen LogP contribution in [0.2, 0.25) is 0 Å². The van der Waals surface area contributed by atoms with E-state index < -0.39 is 17.2 Å². The van der Waals surface area contributed by atoms with E-state index in [4.69, 9.17) is 0 Å². The quantitative estimate of drug-likeness (QED) is 0.673. The van der Waals surface area contributed by atoms with Crippen molar-refractivity contribution in [3.63, 3.8) is 0 Å². The molecule has 1 amide bonds. The molecule has 0 bridgehead atoms. The fourth-order valence-corrected chi connectivity index (χ4v) is 2.96. The van der Waals surface area contributed by atoms with Gasteiger partial charge in [-0.25, -0.2) is 0 Å². The fourth-order valence-electron chi connectivity index (χ4n) is 2.00. The molecule has 0 saturated heterocycles. The maximum Gasteiger partial charge on any atom is 0.416 e. The van der Waals surface area contributed by atoms with Crippen molar-refractivity contribution in [1.82, 2.24) is 0 Å². The molecular formula is C19H20F3NOS. The Morgan fingerprint density at radius 2 is 1.72 bits per heavy atom. The maximum absolute atomic E-state index is 12.8. The highest BCUT2D eigenvalue weighted by Gasteiger charge is 2.30. The number of amides is 1. The molecule has 6 heteroatoms. The number of halogens is 3. The van der Waals surface area contributed by atoms with E-state index in [0.717, 1.165) is 17.0 Å². The third-order valence-corrected chi connectivity index (χ3v) is 4.61. The molecule has 0 fully saturated rings. The van der Waals surface area contributed by atoms with Gasteiger partial charge in [-0.05, 0) is 23.8 Å². The summed E-state index contributed by atoms with van der Waals surface area (Å²) in [5.74, 6) is 0.270. The molecule has 0 aliphatic rings. The summed E-state index contributed by atoms with van der Waals surface area (Å²) in [6.45, 7) is 5.46. The molecule has 0 heterocycles. The first-order valence-electron chi connectivity index (χ1n) is 7.77. The van der Waals surface area contributed by atoms with Crippen LogP contribution in [-0.2, 0) is 16.7 Å². The van der Waals surface area contributed by atoms with Crippen LogP contribution in [0.1, 0.15) is 31.9 Å². The zero-order valence-corrected chi connectivity index (χ0v) is 15.1. The largest absolute Gasteiger partial charge is 0.416 e. The Hall–Kier alpha value is -1.95. The highest BCUT2D eigenvalue weighted by molar-refractivity contribution is 7.98. The summed E-state index contributed by atoms with van der Waals surface area (Å²) < 4.78 is 38.4. The van der Waals surface area contributed by atoms with Crippen molar-refractivity contribution < 1.29 is 18.0 Å². The van der Waals surface area contributed by atoms with E-state index in [0.29, 0.717) is 17.0 Å². The van der Waals surface area contributed by atoms with Crippen LogP contribution in [0.15, 0.2) is 53.4 Å². The topological polar surface area (TPSA) is 29.1 Å². The first-order valence-corrected chi connectivity index (χ1v) is 8.75. The van der Waals surface area contributed by atoms with Gasteiger partial charge in [-0.1, -0.05) is 51.1 Å². The minimum absolute atomic E-state index is 0.111. The first kappa shape index (κ1) is 19.4. The van der Waals surface area contributed by atoms with Crippen LogP contribution < -0.4 is 5.32 Å². The molecule has 2 rings (SSSR count). The highest BCUT2D eigenvalue weighted by Crippen LogP contribution is 2.33. The summed E-state index contributed by atoms with van der Waals surface area (Å²) in [6, 6.07) is 12.6. The SMILES string of the molecule is CC(C)(C)C(=O)Nc1ccccc1SCc1cccc(C(F)(F)F)c1. The van der Waals surface area contributed by atoms with Crippen molar-refractivity contribution in [2.75, 3.05) is 5.32 Å². The Morgan fingerprint density at radius 3 is 2.36 bits per heavy atom. The Kier molecular flexibility index (Phi) is 5.83. The summed E-state index contributed by atoms with van der Waals surface area (Å²) in [5.41, 5.74) is 0.0647. The van der Waals surface area contributed by atoms with E-state index in [1.54, 1.807) is 12.1 Å². The Balaban J connectivity index is 2.13. The molecule has 0 atom stereocenters. The lowest BCUT2D eigenvalue weighted by molar-refractivity contribution is -0.137. The monoisotopic (exact) mass is 367 g/mol. The third-order valence-electron chi connectivity index (χ3n) is 3.47. The predicted octanol–water partition coefficient (Wildman–Crippen LogP) is 5.98. The summed E-state index contributed by atoms with van der Waals surface area (Å²) in [5, 5.41) is 2.88. The summed E-state index contributed by atoms with van der Waals surface area (Å²) in [7, 11) is 0.